The van der Waals surface area contributed by atoms with E-state index in [1.165, 1.54) is 12.1 Å². The number of nitrogens with two attached hydrogens (primary N) is 1. The zero-order chi connectivity index (χ0) is 32.6. The smallest absolute Gasteiger partial charge is 0.201 e. The SMILES string of the molecule is CO.COCOCCN.O=C1c2cccc(F)c2C(=O)c2c(O)c3c(c(O)c21)C[C@@H](C(=O)CO)C[C@@H]3OC1CC[C@H](O)CO1. The number of carbonyl (C=O) groups is 3. The molecule has 1 fully saturated rings. The highest BCUT2D eigenvalue weighted by atomic mass is 19.1. The molecule has 4 atom stereocenters. The van der Waals surface area contributed by atoms with Crippen molar-refractivity contribution in [2.24, 2.45) is 11.7 Å². The molecule has 44 heavy (non-hydrogen) atoms. The largest absolute Gasteiger partial charge is 0.507 e. The van der Waals surface area contributed by atoms with Crippen molar-refractivity contribution in [1.82, 2.24) is 0 Å². The van der Waals surface area contributed by atoms with Crippen molar-refractivity contribution in [3.63, 3.8) is 0 Å². The predicted molar refractivity (Wildman–Crippen MR) is 151 cm³/mol. The Balaban J connectivity index is 0.000000520. The number of ketones is 3. The van der Waals surface area contributed by atoms with Gasteiger partial charge >= 0.3 is 0 Å². The van der Waals surface area contributed by atoms with Gasteiger partial charge in [-0.2, -0.15) is 0 Å². The highest BCUT2D eigenvalue weighted by Crippen LogP contribution is 2.51. The second-order valence-electron chi connectivity index (χ2n) is 10.1. The van der Waals surface area contributed by atoms with E-state index in [0.717, 1.165) is 13.2 Å². The number of phenols is 2. The number of carbonyl (C=O) groups excluding carboxylic acids is 3. The molecule has 14 heteroatoms. The molecule has 0 spiro atoms. The summed E-state index contributed by atoms with van der Waals surface area (Å²) < 4.78 is 35.4. The third kappa shape index (κ3) is 7.30. The number of methoxy groups -OCH3 is 1. The minimum Gasteiger partial charge on any atom is -0.507 e. The van der Waals surface area contributed by atoms with Crippen LogP contribution in [0.4, 0.5) is 4.39 Å². The van der Waals surface area contributed by atoms with Gasteiger partial charge in [0.1, 0.15) is 30.7 Å². The van der Waals surface area contributed by atoms with Crippen LogP contribution >= 0.6 is 0 Å². The van der Waals surface area contributed by atoms with E-state index in [4.69, 9.17) is 25.1 Å². The Hall–Kier alpha value is -3.34. The minimum atomic E-state index is -1.04. The summed E-state index contributed by atoms with van der Waals surface area (Å²) in [6, 6.07) is 3.55. The second kappa shape index (κ2) is 16.1. The Morgan fingerprint density at radius 2 is 1.80 bits per heavy atom. The molecule has 0 saturated carbocycles. The van der Waals surface area contributed by atoms with Crippen LogP contribution in [0.3, 0.4) is 0 Å². The average Bonchev–Trinajstić information content (AvgIpc) is 3.03. The van der Waals surface area contributed by atoms with Crippen LogP contribution in [-0.2, 0) is 30.2 Å². The number of aliphatic hydroxyl groups is 3. The minimum absolute atomic E-state index is 0.00762. The Kier molecular flexibility index (Phi) is 12.9. The lowest BCUT2D eigenvalue weighted by Crippen LogP contribution is -2.35. The van der Waals surface area contributed by atoms with Gasteiger partial charge in [-0.3, -0.25) is 14.4 Å². The first-order valence-corrected chi connectivity index (χ1v) is 13.9. The summed E-state index contributed by atoms with van der Waals surface area (Å²) in [5.74, 6) is -5.25. The van der Waals surface area contributed by atoms with Gasteiger partial charge in [0.2, 0.25) is 5.78 Å². The van der Waals surface area contributed by atoms with Crippen LogP contribution in [0.2, 0.25) is 0 Å². The fraction of sp³-hybridized carbons (Fsp3) is 0.500. The summed E-state index contributed by atoms with van der Waals surface area (Å²) in [6.07, 6.45) is -1.88. The van der Waals surface area contributed by atoms with Crippen LogP contribution in [0.1, 0.15) is 68.3 Å². The van der Waals surface area contributed by atoms with E-state index in [1.807, 2.05) is 0 Å². The molecular weight excluding hydrogens is 585 g/mol. The van der Waals surface area contributed by atoms with Crippen molar-refractivity contribution in [3.8, 4) is 11.5 Å². The van der Waals surface area contributed by atoms with Crippen molar-refractivity contribution in [1.29, 1.82) is 0 Å². The fourth-order valence-corrected chi connectivity index (χ4v) is 5.43. The molecule has 1 unspecified atom stereocenters. The number of benzene rings is 2. The molecule has 2 aromatic carbocycles. The van der Waals surface area contributed by atoms with E-state index in [9.17, 15) is 39.2 Å². The first-order chi connectivity index (χ1) is 21.1. The standard InChI is InChI=1S/C25H23FO9.C4H11NO2.CH4O/c26-14-3-1-2-12-18(14)24(32)21-20(22(12)30)23(31)13-6-10(15(29)8-27)7-16(19(13)25(21)33)35-17-5-4-11(28)9-34-17;1-6-4-7-3-2-5;1-2/h1-3,10-11,16-17,27-28,31,33H,4-9H2;2-5H2,1H3;2H,1H3/t10-,11+,16+,17?;;/m1../s1. The van der Waals surface area contributed by atoms with Crippen molar-refractivity contribution in [3.05, 3.63) is 57.4 Å². The summed E-state index contributed by atoms with van der Waals surface area (Å²) in [5, 5.41) is 48.5. The number of fused-ring (bicyclic) bond motifs is 3. The van der Waals surface area contributed by atoms with Crippen LogP contribution in [0.15, 0.2) is 18.2 Å². The lowest BCUT2D eigenvalue weighted by atomic mass is 9.73. The third-order valence-electron chi connectivity index (χ3n) is 7.40. The molecule has 13 nitrogen and oxygen atoms in total. The molecule has 2 aromatic rings. The fourth-order valence-electron chi connectivity index (χ4n) is 5.43. The maximum Gasteiger partial charge on any atom is 0.201 e. The summed E-state index contributed by atoms with van der Waals surface area (Å²) in [7, 11) is 2.58. The summed E-state index contributed by atoms with van der Waals surface area (Å²) in [6.45, 7) is 0.753. The van der Waals surface area contributed by atoms with Gasteiger partial charge in [0.15, 0.2) is 17.9 Å². The van der Waals surface area contributed by atoms with Crippen molar-refractivity contribution in [2.45, 2.75) is 44.2 Å². The lowest BCUT2D eigenvalue weighted by molar-refractivity contribution is -0.213. The van der Waals surface area contributed by atoms with Gasteiger partial charge in [0.25, 0.3) is 0 Å². The number of rotatable bonds is 8. The number of aliphatic hydroxyl groups excluding tert-OH is 3. The molecule has 0 radical (unpaired) electrons. The Morgan fingerprint density at radius 1 is 1.09 bits per heavy atom. The Morgan fingerprint density at radius 3 is 2.41 bits per heavy atom. The quantitative estimate of drug-likeness (QED) is 0.117. The van der Waals surface area contributed by atoms with Crippen LogP contribution in [0.25, 0.3) is 0 Å². The van der Waals surface area contributed by atoms with Crippen molar-refractivity contribution < 1.29 is 63.3 Å². The number of phenolic OH excluding ortho intramolecular Hbond substituents is 2. The molecule has 242 valence electrons. The average molecular weight is 624 g/mol. The van der Waals surface area contributed by atoms with Crippen LogP contribution in [0.5, 0.6) is 11.5 Å². The van der Waals surface area contributed by atoms with Crippen LogP contribution in [0, 0.1) is 11.7 Å². The monoisotopic (exact) mass is 623 g/mol. The van der Waals surface area contributed by atoms with E-state index in [0.29, 0.717) is 32.8 Å². The van der Waals surface area contributed by atoms with E-state index < -0.39 is 82.4 Å². The van der Waals surface area contributed by atoms with E-state index in [2.05, 4.69) is 4.74 Å². The molecule has 5 rings (SSSR count). The molecule has 2 aliphatic carbocycles. The van der Waals surface area contributed by atoms with Crippen LogP contribution in [-0.4, -0.2) is 103 Å². The molecule has 1 saturated heterocycles. The molecule has 7 N–H and O–H groups in total. The number of Topliss-reactive ketones (excluding diaryl/α,β-unsaturated/α-hetero) is 1. The number of aromatic hydroxyl groups is 2. The summed E-state index contributed by atoms with van der Waals surface area (Å²) in [4.78, 5) is 38.8. The predicted octanol–water partition coefficient (Wildman–Crippen LogP) is 0.865. The molecular formula is C30H38FNO12. The molecule has 1 heterocycles. The molecule has 0 aromatic heterocycles. The van der Waals surface area contributed by atoms with Crippen LogP contribution < -0.4 is 5.73 Å². The van der Waals surface area contributed by atoms with E-state index >= 15 is 0 Å². The second-order valence-corrected chi connectivity index (χ2v) is 10.1. The van der Waals surface area contributed by atoms with E-state index in [1.54, 1.807) is 7.11 Å². The highest BCUT2D eigenvalue weighted by molar-refractivity contribution is 6.30. The number of hydrogen-bond donors (Lipinski definition) is 6. The van der Waals surface area contributed by atoms with Gasteiger partial charge in [-0.15, -0.1) is 0 Å². The molecule has 1 aliphatic heterocycles. The molecule has 3 aliphatic rings. The molecule has 0 amide bonds. The Labute approximate surface area is 252 Å². The topological polar surface area (TPSA) is 215 Å². The third-order valence-corrected chi connectivity index (χ3v) is 7.40. The lowest BCUT2D eigenvalue weighted by Gasteiger charge is -2.36. The maximum absolute atomic E-state index is 14.5. The molecule has 0 bridgehead atoms. The van der Waals surface area contributed by atoms with Gasteiger partial charge < -0.3 is 50.2 Å². The van der Waals surface area contributed by atoms with Gasteiger partial charge in [0, 0.05) is 49.8 Å². The number of ether oxygens (including phenoxy) is 4. The summed E-state index contributed by atoms with van der Waals surface area (Å²) >= 11 is 0. The zero-order valence-electron chi connectivity index (χ0n) is 24.5. The van der Waals surface area contributed by atoms with Gasteiger partial charge in [0.05, 0.1) is 42.1 Å². The highest BCUT2D eigenvalue weighted by Gasteiger charge is 2.44. The number of halogens is 1. The van der Waals surface area contributed by atoms with Gasteiger partial charge in [-0.25, -0.2) is 4.39 Å². The van der Waals surface area contributed by atoms with Gasteiger partial charge in [-0.05, 0) is 25.3 Å². The Bertz CT molecular complexity index is 1340. The maximum atomic E-state index is 14.5. The van der Waals surface area contributed by atoms with Gasteiger partial charge in [-0.1, -0.05) is 12.1 Å². The first kappa shape index (κ1) is 35.1. The van der Waals surface area contributed by atoms with Crippen molar-refractivity contribution in [2.75, 3.05) is 47.4 Å². The number of hydrogen-bond acceptors (Lipinski definition) is 13. The van der Waals surface area contributed by atoms with Crippen molar-refractivity contribution >= 4 is 17.3 Å². The first-order valence-electron chi connectivity index (χ1n) is 13.9. The zero-order valence-corrected chi connectivity index (χ0v) is 24.5. The normalized spacial score (nSPS) is 22.0. The van der Waals surface area contributed by atoms with E-state index in [-0.39, 0.29) is 36.1 Å². The summed E-state index contributed by atoms with van der Waals surface area (Å²) in [5.41, 5.74) is 3.43.